The molecule has 5 rings (SSSR count). The number of piperidine rings is 2. The monoisotopic (exact) mass is 484 g/mol. The van der Waals surface area contributed by atoms with Gasteiger partial charge in [-0.25, -0.2) is 8.42 Å². The van der Waals surface area contributed by atoms with E-state index in [0.29, 0.717) is 37.8 Å². The predicted octanol–water partition coefficient (Wildman–Crippen LogP) is 3.44. The summed E-state index contributed by atoms with van der Waals surface area (Å²) in [7, 11) is -3.76. The molecule has 0 N–H and O–H groups in total. The molecular weight excluding hydrogens is 456 g/mol. The van der Waals surface area contributed by atoms with Crippen molar-refractivity contribution in [1.82, 2.24) is 18.9 Å². The zero-order valence-corrected chi connectivity index (χ0v) is 19.9. The van der Waals surface area contributed by atoms with Crippen LogP contribution in [-0.2, 0) is 10.0 Å². The Labute approximate surface area is 198 Å². The topological polar surface area (TPSA) is 114 Å². The minimum Gasteiger partial charge on any atom is -0.366 e. The maximum Gasteiger partial charge on any atom is 0.293 e. The van der Waals surface area contributed by atoms with Crippen LogP contribution in [-0.4, -0.2) is 58.4 Å². The number of nitro groups is 1. The second kappa shape index (κ2) is 8.95. The number of nitrogens with zero attached hydrogens (tertiary/aromatic N) is 6. The minimum atomic E-state index is -3.76. The van der Waals surface area contributed by atoms with Crippen LogP contribution in [0.3, 0.4) is 0 Å². The van der Waals surface area contributed by atoms with E-state index in [4.69, 9.17) is 0 Å². The molecule has 0 radical (unpaired) electrons. The molecule has 2 aromatic heterocycles. The number of rotatable bonds is 5. The lowest BCUT2D eigenvalue weighted by atomic mass is 9.95. The summed E-state index contributed by atoms with van der Waals surface area (Å²) in [6.45, 7) is 4.23. The first-order valence-electron chi connectivity index (χ1n) is 11.7. The van der Waals surface area contributed by atoms with E-state index in [1.54, 1.807) is 6.07 Å². The van der Waals surface area contributed by atoms with Crippen LogP contribution in [0.5, 0.6) is 0 Å². The summed E-state index contributed by atoms with van der Waals surface area (Å²) < 4.78 is 29.7. The lowest BCUT2D eigenvalue weighted by Crippen LogP contribution is -2.38. The van der Waals surface area contributed by atoms with Crippen molar-refractivity contribution in [3.8, 4) is 0 Å². The van der Waals surface area contributed by atoms with Crippen LogP contribution >= 0.6 is 0 Å². The number of anilines is 1. The van der Waals surface area contributed by atoms with Crippen molar-refractivity contribution in [2.75, 3.05) is 31.1 Å². The predicted molar refractivity (Wildman–Crippen MR) is 127 cm³/mol. The van der Waals surface area contributed by atoms with Crippen LogP contribution in [0.2, 0.25) is 0 Å². The van der Waals surface area contributed by atoms with E-state index >= 15 is 0 Å². The van der Waals surface area contributed by atoms with Crippen molar-refractivity contribution >= 4 is 27.0 Å². The van der Waals surface area contributed by atoms with Crippen LogP contribution in [0.4, 0.5) is 11.4 Å². The lowest BCUT2D eigenvalue weighted by Gasteiger charge is -2.33. The summed E-state index contributed by atoms with van der Waals surface area (Å²) >= 11 is 0. The van der Waals surface area contributed by atoms with Gasteiger partial charge >= 0.3 is 0 Å². The first kappa shape index (κ1) is 22.7. The molecule has 0 bridgehead atoms. The first-order chi connectivity index (χ1) is 16.3. The average molecular weight is 485 g/mol. The van der Waals surface area contributed by atoms with Crippen LogP contribution in [0.25, 0.3) is 5.65 Å². The van der Waals surface area contributed by atoms with Crippen molar-refractivity contribution < 1.29 is 13.3 Å². The van der Waals surface area contributed by atoms with E-state index in [9.17, 15) is 18.5 Å². The maximum atomic E-state index is 13.1. The summed E-state index contributed by atoms with van der Waals surface area (Å²) in [5, 5.41) is 20.5. The highest BCUT2D eigenvalue weighted by molar-refractivity contribution is 7.89. The van der Waals surface area contributed by atoms with Crippen molar-refractivity contribution in [2.45, 2.75) is 43.4 Å². The quantitative estimate of drug-likeness (QED) is 0.402. The molecule has 2 aliphatic rings. The largest absolute Gasteiger partial charge is 0.366 e. The van der Waals surface area contributed by atoms with Crippen molar-refractivity contribution in [3.63, 3.8) is 0 Å². The van der Waals surface area contributed by atoms with Crippen molar-refractivity contribution in [2.24, 2.45) is 5.92 Å². The molecule has 1 aromatic carbocycles. The van der Waals surface area contributed by atoms with Gasteiger partial charge in [-0.1, -0.05) is 13.0 Å². The Morgan fingerprint density at radius 3 is 2.44 bits per heavy atom. The highest BCUT2D eigenvalue weighted by Crippen LogP contribution is 2.36. The molecule has 0 atom stereocenters. The highest BCUT2D eigenvalue weighted by Gasteiger charge is 2.32. The number of sulfonamides is 1. The summed E-state index contributed by atoms with van der Waals surface area (Å²) in [5.74, 6) is 1.60. The Bertz CT molecular complexity index is 1310. The molecule has 2 saturated heterocycles. The van der Waals surface area contributed by atoms with Gasteiger partial charge in [-0.15, -0.1) is 10.2 Å². The number of aromatic nitrogens is 3. The molecule has 4 heterocycles. The smallest absolute Gasteiger partial charge is 0.293 e. The number of hydrogen-bond acceptors (Lipinski definition) is 7. The van der Waals surface area contributed by atoms with Gasteiger partial charge in [0.1, 0.15) is 11.5 Å². The molecule has 34 heavy (non-hydrogen) atoms. The molecule has 10 nitrogen and oxygen atoms in total. The van der Waals surface area contributed by atoms with E-state index < -0.39 is 14.9 Å². The highest BCUT2D eigenvalue weighted by atomic mass is 32.2. The first-order valence-corrected chi connectivity index (χ1v) is 13.1. The second-order valence-corrected chi connectivity index (χ2v) is 11.2. The van der Waals surface area contributed by atoms with E-state index in [0.717, 1.165) is 37.2 Å². The molecule has 180 valence electrons. The number of pyridine rings is 1. The van der Waals surface area contributed by atoms with Crippen molar-refractivity contribution in [3.05, 3.63) is 58.5 Å². The second-order valence-electron chi connectivity index (χ2n) is 9.24. The SMILES string of the molecule is CC1CCN(S(=O)(=O)c2ccc(N3CCC(c4nnc5ccccn45)CC3)c([N+](=O)[O-])c2)CC1. The van der Waals surface area contributed by atoms with Crippen molar-refractivity contribution in [1.29, 1.82) is 0 Å². The summed E-state index contributed by atoms with van der Waals surface area (Å²) in [6, 6.07) is 10.1. The third kappa shape index (κ3) is 4.14. The fourth-order valence-electron chi connectivity index (χ4n) is 4.97. The van der Waals surface area contributed by atoms with E-state index in [1.807, 2.05) is 33.7 Å². The van der Waals surface area contributed by atoms with Crippen LogP contribution in [0.15, 0.2) is 47.5 Å². The summed E-state index contributed by atoms with van der Waals surface area (Å²) in [6.07, 6.45) is 5.10. The van der Waals surface area contributed by atoms with Crippen LogP contribution in [0.1, 0.15) is 44.3 Å². The van der Waals surface area contributed by atoms with Gasteiger partial charge in [0.05, 0.1) is 9.82 Å². The molecule has 0 saturated carbocycles. The van der Waals surface area contributed by atoms with E-state index in [1.165, 1.54) is 16.4 Å². The Morgan fingerprint density at radius 1 is 1.00 bits per heavy atom. The van der Waals surface area contributed by atoms with Gasteiger partial charge in [0.25, 0.3) is 5.69 Å². The fourth-order valence-corrected chi connectivity index (χ4v) is 6.46. The lowest BCUT2D eigenvalue weighted by molar-refractivity contribution is -0.384. The Balaban J connectivity index is 1.35. The number of benzene rings is 1. The Kier molecular flexibility index (Phi) is 5.98. The zero-order valence-electron chi connectivity index (χ0n) is 19.1. The van der Waals surface area contributed by atoms with Gasteiger partial charge in [0.15, 0.2) is 5.65 Å². The molecule has 0 unspecified atom stereocenters. The molecule has 3 aromatic rings. The molecule has 0 spiro atoms. The zero-order chi connectivity index (χ0) is 23.9. The van der Waals surface area contributed by atoms with Gasteiger partial charge in [0.2, 0.25) is 10.0 Å². The van der Waals surface area contributed by atoms with Gasteiger partial charge in [-0.3, -0.25) is 14.5 Å². The van der Waals surface area contributed by atoms with E-state index in [2.05, 4.69) is 17.1 Å². The number of nitro benzene ring substituents is 1. The number of hydrogen-bond donors (Lipinski definition) is 0. The van der Waals surface area contributed by atoms with Crippen LogP contribution < -0.4 is 4.90 Å². The third-order valence-electron chi connectivity index (χ3n) is 7.06. The fraction of sp³-hybridized carbons (Fsp3) is 0.478. The molecule has 2 fully saturated rings. The molecule has 2 aliphatic heterocycles. The summed E-state index contributed by atoms with van der Waals surface area (Å²) in [4.78, 5) is 13.4. The Hall–Kier alpha value is -3.05. The minimum absolute atomic E-state index is 0.0117. The normalized spacial score (nSPS) is 19.0. The molecule has 11 heteroatoms. The molecular formula is C23H28N6O4S. The van der Waals surface area contributed by atoms with Gasteiger partial charge in [-0.2, -0.15) is 4.31 Å². The van der Waals surface area contributed by atoms with Gasteiger partial charge < -0.3 is 4.90 Å². The standard InChI is InChI=1S/C23H28N6O4S/c1-17-7-14-27(15-8-17)34(32,33)19-5-6-20(21(16-19)29(30)31)26-12-9-18(10-13-26)23-25-24-22-4-2-3-11-28(22)23/h2-6,11,16-18H,7-10,12-15H2,1H3. The maximum absolute atomic E-state index is 13.1. The summed E-state index contributed by atoms with van der Waals surface area (Å²) in [5.41, 5.74) is 1.09. The van der Waals surface area contributed by atoms with Gasteiger partial charge in [0, 0.05) is 44.4 Å². The molecule has 0 aliphatic carbocycles. The average Bonchev–Trinajstić information content (AvgIpc) is 3.28. The number of fused-ring (bicyclic) bond motifs is 1. The van der Waals surface area contributed by atoms with E-state index in [-0.39, 0.29) is 16.5 Å². The van der Waals surface area contributed by atoms with Crippen LogP contribution in [0, 0.1) is 16.0 Å². The van der Waals surface area contributed by atoms with Gasteiger partial charge in [-0.05, 0) is 55.9 Å². The Morgan fingerprint density at radius 2 is 1.74 bits per heavy atom. The molecule has 0 amide bonds. The third-order valence-corrected chi connectivity index (χ3v) is 8.96.